The van der Waals surface area contributed by atoms with Crippen LogP contribution in [0.4, 0.5) is 4.79 Å². The van der Waals surface area contributed by atoms with Crippen molar-refractivity contribution < 1.29 is 9.59 Å². The zero-order valence-electron chi connectivity index (χ0n) is 15.7. The molecule has 0 saturated carbocycles. The second-order valence-corrected chi connectivity index (χ2v) is 7.69. The Hall–Kier alpha value is -3.13. The van der Waals surface area contributed by atoms with Crippen molar-refractivity contribution in [1.82, 2.24) is 14.9 Å². The van der Waals surface area contributed by atoms with Gasteiger partial charge in [0.1, 0.15) is 0 Å². The highest BCUT2D eigenvalue weighted by Crippen LogP contribution is 2.27. The van der Waals surface area contributed by atoms with E-state index >= 15 is 0 Å². The number of fused-ring (bicyclic) bond motifs is 1. The van der Waals surface area contributed by atoms with E-state index in [1.54, 1.807) is 31.2 Å². The number of benzene rings is 2. The van der Waals surface area contributed by atoms with Crippen LogP contribution < -0.4 is 16.6 Å². The Kier molecular flexibility index (Phi) is 5.51. The molecule has 7 nitrogen and oxygen atoms in total. The Labute approximate surface area is 166 Å². The van der Waals surface area contributed by atoms with Gasteiger partial charge in [0.05, 0.1) is 21.8 Å². The minimum Gasteiger partial charge on any atom is -0.351 e. The molecular formula is C20H20N4O3S. The van der Waals surface area contributed by atoms with Crippen LogP contribution in [0.2, 0.25) is 0 Å². The molecule has 0 aliphatic rings. The third-order valence-corrected chi connectivity index (χ3v) is 5.51. The van der Waals surface area contributed by atoms with Gasteiger partial charge in [0.2, 0.25) is 5.91 Å². The molecule has 28 heavy (non-hydrogen) atoms. The molecule has 0 saturated heterocycles. The van der Waals surface area contributed by atoms with Gasteiger partial charge >= 0.3 is 6.03 Å². The number of imide groups is 1. The van der Waals surface area contributed by atoms with Crippen molar-refractivity contribution in [1.29, 1.82) is 0 Å². The maximum atomic E-state index is 13.3. The molecule has 0 bridgehead atoms. The fraction of sp³-hybridized carbons (Fsp3) is 0.200. The van der Waals surface area contributed by atoms with E-state index in [1.165, 1.54) is 4.57 Å². The number of rotatable bonds is 4. The highest BCUT2D eigenvalue weighted by Gasteiger charge is 2.21. The summed E-state index contributed by atoms with van der Waals surface area (Å²) < 4.78 is 1.52. The van der Waals surface area contributed by atoms with Crippen LogP contribution in [0.15, 0.2) is 52.4 Å². The van der Waals surface area contributed by atoms with Gasteiger partial charge in [-0.25, -0.2) is 9.78 Å². The molecule has 144 valence electrons. The van der Waals surface area contributed by atoms with E-state index in [9.17, 15) is 14.4 Å². The highest BCUT2D eigenvalue weighted by atomic mass is 32.2. The lowest BCUT2D eigenvalue weighted by Gasteiger charge is -2.18. The summed E-state index contributed by atoms with van der Waals surface area (Å²) in [5, 5.41) is 2.23. The van der Waals surface area contributed by atoms with Gasteiger partial charge in [-0.05, 0) is 50.1 Å². The van der Waals surface area contributed by atoms with E-state index in [2.05, 4.69) is 10.3 Å². The van der Waals surface area contributed by atoms with Crippen molar-refractivity contribution >= 4 is 34.6 Å². The van der Waals surface area contributed by atoms with Crippen molar-refractivity contribution in [3.63, 3.8) is 0 Å². The average molecular weight is 396 g/mol. The van der Waals surface area contributed by atoms with Crippen LogP contribution in [0.25, 0.3) is 16.6 Å². The monoisotopic (exact) mass is 396 g/mol. The summed E-state index contributed by atoms with van der Waals surface area (Å²) in [7, 11) is 0. The summed E-state index contributed by atoms with van der Waals surface area (Å²) in [4.78, 5) is 41.0. The van der Waals surface area contributed by atoms with Crippen LogP contribution in [0.3, 0.4) is 0 Å². The first-order valence-electron chi connectivity index (χ1n) is 8.65. The molecule has 1 atom stereocenters. The third kappa shape index (κ3) is 3.77. The van der Waals surface area contributed by atoms with Gasteiger partial charge in [-0.15, -0.1) is 0 Å². The van der Waals surface area contributed by atoms with Gasteiger partial charge in [-0.2, -0.15) is 0 Å². The minimum absolute atomic E-state index is 0.218. The summed E-state index contributed by atoms with van der Waals surface area (Å²) in [6.45, 7) is 5.52. The smallest absolute Gasteiger partial charge is 0.318 e. The van der Waals surface area contributed by atoms with Gasteiger partial charge < -0.3 is 5.73 Å². The molecule has 3 aromatic rings. The number of thioether (sulfide) groups is 1. The quantitative estimate of drug-likeness (QED) is 0.521. The normalized spacial score (nSPS) is 12.0. The summed E-state index contributed by atoms with van der Waals surface area (Å²) >= 11 is 1.09. The lowest BCUT2D eigenvalue weighted by molar-refractivity contribution is -0.119. The standard InChI is InChI=1S/C20H20N4O3S/c1-11-7-6-10-16(12(11)2)24-18(26)14-8-4-5-9-15(14)22-20(24)28-13(3)17(25)23-19(21)27/h4-10,13H,1-3H3,(H3,21,23,25,27)/t13-/m0/s1. The number of hydrogen-bond donors (Lipinski definition) is 2. The Morgan fingerprint density at radius 2 is 1.86 bits per heavy atom. The molecule has 1 aromatic heterocycles. The minimum atomic E-state index is -0.921. The molecule has 0 aliphatic heterocycles. The van der Waals surface area contributed by atoms with E-state index < -0.39 is 17.2 Å². The molecular weight excluding hydrogens is 376 g/mol. The molecule has 0 aliphatic carbocycles. The number of carbonyl (C=O) groups excluding carboxylic acids is 2. The molecule has 0 fully saturated rings. The second kappa shape index (κ2) is 7.85. The van der Waals surface area contributed by atoms with Crippen molar-refractivity contribution in [3.05, 3.63) is 63.9 Å². The number of carbonyl (C=O) groups is 2. The van der Waals surface area contributed by atoms with Gasteiger partial charge in [0.15, 0.2) is 5.16 Å². The SMILES string of the molecule is Cc1cccc(-n2c(S[C@@H](C)C(=O)NC(N)=O)nc3ccccc3c2=O)c1C. The van der Waals surface area contributed by atoms with Crippen molar-refractivity contribution in [3.8, 4) is 5.69 Å². The zero-order valence-corrected chi connectivity index (χ0v) is 16.5. The first-order chi connectivity index (χ1) is 13.3. The first kappa shape index (κ1) is 19.6. The van der Waals surface area contributed by atoms with E-state index in [-0.39, 0.29) is 5.56 Å². The molecule has 3 amide bonds. The summed E-state index contributed by atoms with van der Waals surface area (Å²) in [6, 6.07) is 11.8. The molecule has 3 N–H and O–H groups in total. The number of aromatic nitrogens is 2. The highest BCUT2D eigenvalue weighted by molar-refractivity contribution is 8.00. The number of aryl methyl sites for hydroxylation is 1. The van der Waals surface area contributed by atoms with E-state index in [0.29, 0.717) is 21.7 Å². The Bertz CT molecular complexity index is 1140. The Morgan fingerprint density at radius 1 is 1.14 bits per heavy atom. The van der Waals surface area contributed by atoms with Crippen LogP contribution in [0.1, 0.15) is 18.1 Å². The lowest BCUT2D eigenvalue weighted by Crippen LogP contribution is -2.39. The second-order valence-electron chi connectivity index (χ2n) is 6.38. The molecule has 0 radical (unpaired) electrons. The van der Waals surface area contributed by atoms with Crippen LogP contribution in [0.5, 0.6) is 0 Å². The number of urea groups is 1. The average Bonchev–Trinajstić information content (AvgIpc) is 2.64. The number of nitrogens with one attached hydrogen (secondary N) is 1. The van der Waals surface area contributed by atoms with Crippen molar-refractivity contribution in [2.75, 3.05) is 0 Å². The molecule has 0 unspecified atom stereocenters. The lowest BCUT2D eigenvalue weighted by atomic mass is 10.1. The Balaban J connectivity index is 2.20. The van der Waals surface area contributed by atoms with Crippen molar-refractivity contribution in [2.24, 2.45) is 5.73 Å². The van der Waals surface area contributed by atoms with Crippen LogP contribution in [-0.4, -0.2) is 26.7 Å². The number of nitrogens with zero attached hydrogens (tertiary/aromatic N) is 2. The molecule has 1 heterocycles. The van der Waals surface area contributed by atoms with Gasteiger partial charge in [0, 0.05) is 0 Å². The van der Waals surface area contributed by atoms with Gasteiger partial charge in [-0.1, -0.05) is 36.0 Å². The van der Waals surface area contributed by atoms with Crippen molar-refractivity contribution in [2.45, 2.75) is 31.2 Å². The molecule has 3 rings (SSSR count). The molecule has 8 heteroatoms. The number of nitrogens with two attached hydrogens (primary N) is 1. The van der Waals surface area contributed by atoms with E-state index in [0.717, 1.165) is 22.9 Å². The maximum Gasteiger partial charge on any atom is 0.318 e. The summed E-state index contributed by atoms with van der Waals surface area (Å²) in [5.41, 5.74) is 8.03. The number of para-hydroxylation sites is 1. The predicted molar refractivity (Wildman–Crippen MR) is 110 cm³/mol. The Morgan fingerprint density at radius 3 is 2.57 bits per heavy atom. The number of hydrogen-bond acceptors (Lipinski definition) is 5. The van der Waals surface area contributed by atoms with E-state index in [4.69, 9.17) is 5.73 Å². The molecule has 0 spiro atoms. The van der Waals surface area contributed by atoms with Crippen LogP contribution in [0, 0.1) is 13.8 Å². The van der Waals surface area contributed by atoms with Crippen LogP contribution >= 0.6 is 11.8 Å². The van der Waals surface area contributed by atoms with Gasteiger partial charge in [-0.3, -0.25) is 19.5 Å². The zero-order chi connectivity index (χ0) is 20.4. The largest absolute Gasteiger partial charge is 0.351 e. The first-order valence-corrected chi connectivity index (χ1v) is 9.53. The molecule has 2 aromatic carbocycles. The van der Waals surface area contributed by atoms with Crippen LogP contribution in [-0.2, 0) is 4.79 Å². The third-order valence-electron chi connectivity index (χ3n) is 4.46. The topological polar surface area (TPSA) is 107 Å². The number of amides is 3. The fourth-order valence-corrected chi connectivity index (χ4v) is 3.74. The predicted octanol–water partition coefficient (Wildman–Crippen LogP) is 2.68. The summed E-state index contributed by atoms with van der Waals surface area (Å²) in [6.07, 6.45) is 0. The fourth-order valence-electron chi connectivity index (χ4n) is 2.82. The van der Waals surface area contributed by atoms with E-state index in [1.807, 2.05) is 32.0 Å². The summed E-state index contributed by atoms with van der Waals surface area (Å²) in [5.74, 6) is -0.549. The van der Waals surface area contributed by atoms with Gasteiger partial charge in [0.25, 0.3) is 5.56 Å². The maximum absolute atomic E-state index is 13.3. The number of primary amides is 1.